The van der Waals surface area contributed by atoms with E-state index in [-0.39, 0.29) is 11.5 Å². The van der Waals surface area contributed by atoms with Crippen molar-refractivity contribution in [1.82, 2.24) is 5.32 Å². The summed E-state index contributed by atoms with van der Waals surface area (Å²) in [5.41, 5.74) is 1.21. The van der Waals surface area contributed by atoms with E-state index in [0.29, 0.717) is 5.91 Å². The molecule has 0 saturated heterocycles. The topological polar surface area (TPSA) is 29.1 Å². The molecular weight excluding hydrogens is 246 g/mol. The predicted molar refractivity (Wildman–Crippen MR) is 81.3 cm³/mol. The van der Waals surface area contributed by atoms with Crippen LogP contribution in [-0.2, 0) is 10.3 Å². The Morgan fingerprint density at radius 3 is 2.25 bits per heavy atom. The lowest BCUT2D eigenvalue weighted by Gasteiger charge is -2.33. The first-order valence-corrected chi connectivity index (χ1v) is 8.18. The summed E-state index contributed by atoms with van der Waals surface area (Å²) in [7, 11) is 0. The molecule has 2 aliphatic carbocycles. The van der Waals surface area contributed by atoms with Gasteiger partial charge in [0.15, 0.2) is 0 Å². The molecule has 0 radical (unpaired) electrons. The summed E-state index contributed by atoms with van der Waals surface area (Å²) in [6.45, 7) is 0. The van der Waals surface area contributed by atoms with E-state index in [1.54, 1.807) is 0 Å². The number of amides is 1. The molecule has 0 bridgehead atoms. The number of rotatable bonds is 3. The van der Waals surface area contributed by atoms with Crippen LogP contribution in [0.2, 0.25) is 0 Å². The van der Waals surface area contributed by atoms with E-state index in [1.165, 1.54) is 37.7 Å². The molecule has 2 heteroatoms. The fourth-order valence-corrected chi connectivity index (χ4v) is 3.92. The van der Waals surface area contributed by atoms with Gasteiger partial charge in [-0.15, -0.1) is 0 Å². The van der Waals surface area contributed by atoms with Gasteiger partial charge in [0.25, 0.3) is 0 Å². The summed E-state index contributed by atoms with van der Waals surface area (Å²) in [6.07, 6.45) is 10.5. The summed E-state index contributed by atoms with van der Waals surface area (Å²) in [6, 6.07) is 10.6. The van der Waals surface area contributed by atoms with Gasteiger partial charge < -0.3 is 5.32 Å². The van der Waals surface area contributed by atoms with Gasteiger partial charge in [0.1, 0.15) is 0 Å². The molecule has 0 unspecified atom stereocenters. The summed E-state index contributed by atoms with van der Waals surface area (Å²) in [4.78, 5) is 12.6. The third-order valence-corrected chi connectivity index (χ3v) is 5.12. The quantitative estimate of drug-likeness (QED) is 0.879. The SMILES string of the molecule is O=C(NC1(c2ccccc2)CCCC1)C1CCCCC1. The Hall–Kier alpha value is -1.31. The second kappa shape index (κ2) is 5.99. The molecule has 0 spiro atoms. The molecule has 1 aromatic carbocycles. The summed E-state index contributed by atoms with van der Waals surface area (Å²) >= 11 is 0. The van der Waals surface area contributed by atoms with Crippen LogP contribution < -0.4 is 5.32 Å². The third-order valence-electron chi connectivity index (χ3n) is 5.12. The monoisotopic (exact) mass is 271 g/mol. The molecule has 0 aromatic heterocycles. The van der Waals surface area contributed by atoms with Crippen LogP contribution in [0.4, 0.5) is 0 Å². The minimum Gasteiger partial charge on any atom is -0.346 e. The van der Waals surface area contributed by atoms with Crippen LogP contribution in [0.25, 0.3) is 0 Å². The number of nitrogens with one attached hydrogen (secondary N) is 1. The second-order valence-corrected chi connectivity index (χ2v) is 6.48. The highest BCUT2D eigenvalue weighted by atomic mass is 16.2. The Bertz CT molecular complexity index is 442. The maximum Gasteiger partial charge on any atom is 0.223 e. The average molecular weight is 271 g/mol. The lowest BCUT2D eigenvalue weighted by atomic mass is 9.84. The summed E-state index contributed by atoms with van der Waals surface area (Å²) in [5, 5.41) is 3.44. The van der Waals surface area contributed by atoms with Crippen molar-refractivity contribution >= 4 is 5.91 Å². The van der Waals surface area contributed by atoms with Gasteiger partial charge in [-0.2, -0.15) is 0 Å². The fraction of sp³-hybridized carbons (Fsp3) is 0.611. The Kier molecular flexibility index (Phi) is 4.09. The van der Waals surface area contributed by atoms with Crippen molar-refractivity contribution in [1.29, 1.82) is 0 Å². The number of carbonyl (C=O) groups is 1. The molecule has 20 heavy (non-hydrogen) atoms. The minimum atomic E-state index is -0.0875. The van der Waals surface area contributed by atoms with Gasteiger partial charge >= 0.3 is 0 Å². The number of hydrogen-bond donors (Lipinski definition) is 1. The Balaban J connectivity index is 1.76. The van der Waals surface area contributed by atoms with Crippen molar-refractivity contribution in [3.63, 3.8) is 0 Å². The molecule has 0 atom stereocenters. The lowest BCUT2D eigenvalue weighted by Crippen LogP contribution is -2.46. The molecule has 0 aliphatic heterocycles. The maximum atomic E-state index is 12.6. The van der Waals surface area contributed by atoms with E-state index in [9.17, 15) is 4.79 Å². The van der Waals surface area contributed by atoms with Gasteiger partial charge in [-0.25, -0.2) is 0 Å². The van der Waals surface area contributed by atoms with Gasteiger partial charge in [-0.3, -0.25) is 4.79 Å². The Morgan fingerprint density at radius 2 is 1.60 bits per heavy atom. The van der Waals surface area contributed by atoms with E-state index in [1.807, 2.05) is 0 Å². The lowest BCUT2D eigenvalue weighted by molar-refractivity contribution is -0.128. The zero-order valence-electron chi connectivity index (χ0n) is 12.2. The first-order chi connectivity index (χ1) is 9.80. The predicted octanol–water partition coefficient (Wildman–Crippen LogP) is 4.15. The average Bonchev–Trinajstić information content (AvgIpc) is 2.99. The molecule has 2 aliphatic rings. The van der Waals surface area contributed by atoms with Crippen LogP contribution >= 0.6 is 0 Å². The Morgan fingerprint density at radius 1 is 0.950 bits per heavy atom. The highest BCUT2D eigenvalue weighted by Crippen LogP contribution is 2.39. The van der Waals surface area contributed by atoms with E-state index < -0.39 is 0 Å². The third kappa shape index (κ3) is 2.74. The minimum absolute atomic E-state index is 0.0875. The normalized spacial score (nSPS) is 22.6. The molecule has 2 saturated carbocycles. The van der Waals surface area contributed by atoms with Crippen LogP contribution in [0.3, 0.4) is 0 Å². The first kappa shape index (κ1) is 13.7. The number of carbonyl (C=O) groups excluding carboxylic acids is 1. The van der Waals surface area contributed by atoms with Crippen molar-refractivity contribution in [3.05, 3.63) is 35.9 Å². The van der Waals surface area contributed by atoms with Gasteiger partial charge in [-0.05, 0) is 31.2 Å². The van der Waals surface area contributed by atoms with E-state index in [0.717, 1.165) is 25.7 Å². The van der Waals surface area contributed by atoms with Crippen LogP contribution in [-0.4, -0.2) is 5.91 Å². The molecule has 2 nitrogen and oxygen atoms in total. The molecule has 0 heterocycles. The molecule has 108 valence electrons. The van der Waals surface area contributed by atoms with E-state index >= 15 is 0 Å². The molecule has 2 fully saturated rings. The molecule has 1 amide bonds. The highest BCUT2D eigenvalue weighted by molar-refractivity contribution is 5.79. The number of benzene rings is 1. The van der Waals surface area contributed by atoms with Gasteiger partial charge in [-0.1, -0.05) is 62.4 Å². The van der Waals surface area contributed by atoms with Crippen LogP contribution in [0.15, 0.2) is 30.3 Å². The van der Waals surface area contributed by atoms with Gasteiger partial charge in [0, 0.05) is 5.92 Å². The standard InChI is InChI=1S/C18H25NO/c20-17(15-9-3-1-4-10-15)19-18(13-7-8-14-18)16-11-5-2-6-12-16/h2,5-6,11-12,15H,1,3-4,7-10,13-14H2,(H,19,20). The largest absolute Gasteiger partial charge is 0.346 e. The zero-order chi connectivity index (χ0) is 13.8. The van der Waals surface area contributed by atoms with Crippen LogP contribution in [0.5, 0.6) is 0 Å². The van der Waals surface area contributed by atoms with E-state index in [4.69, 9.17) is 0 Å². The number of hydrogen-bond acceptors (Lipinski definition) is 1. The summed E-state index contributed by atoms with van der Waals surface area (Å²) in [5.74, 6) is 0.556. The first-order valence-electron chi connectivity index (χ1n) is 8.18. The van der Waals surface area contributed by atoms with Crippen LogP contribution in [0.1, 0.15) is 63.4 Å². The zero-order valence-corrected chi connectivity index (χ0v) is 12.2. The second-order valence-electron chi connectivity index (χ2n) is 6.48. The van der Waals surface area contributed by atoms with Crippen molar-refractivity contribution in [2.45, 2.75) is 63.3 Å². The summed E-state index contributed by atoms with van der Waals surface area (Å²) < 4.78 is 0. The van der Waals surface area contributed by atoms with Crippen molar-refractivity contribution < 1.29 is 4.79 Å². The van der Waals surface area contributed by atoms with Crippen molar-refractivity contribution in [2.24, 2.45) is 5.92 Å². The van der Waals surface area contributed by atoms with Gasteiger partial charge in [0.2, 0.25) is 5.91 Å². The Labute approximate surface area is 122 Å². The highest BCUT2D eigenvalue weighted by Gasteiger charge is 2.38. The molecule has 3 rings (SSSR count). The van der Waals surface area contributed by atoms with Crippen LogP contribution in [0, 0.1) is 5.92 Å². The molecular formula is C18H25NO. The molecule has 1 aromatic rings. The van der Waals surface area contributed by atoms with E-state index in [2.05, 4.69) is 35.6 Å². The fourth-order valence-electron chi connectivity index (χ4n) is 3.92. The van der Waals surface area contributed by atoms with Gasteiger partial charge in [0.05, 0.1) is 5.54 Å². The molecule has 1 N–H and O–H groups in total. The smallest absolute Gasteiger partial charge is 0.223 e. The van der Waals surface area contributed by atoms with Crippen molar-refractivity contribution in [3.8, 4) is 0 Å². The van der Waals surface area contributed by atoms with Crippen molar-refractivity contribution in [2.75, 3.05) is 0 Å². The maximum absolute atomic E-state index is 12.6.